The van der Waals surface area contributed by atoms with E-state index in [0.717, 1.165) is 11.1 Å². The molecule has 0 fully saturated rings. The zero-order chi connectivity index (χ0) is 16.8. The molecule has 1 amide bonds. The van der Waals surface area contributed by atoms with Gasteiger partial charge in [-0.1, -0.05) is 17.7 Å². The van der Waals surface area contributed by atoms with Gasteiger partial charge in [-0.05, 0) is 37.6 Å². The number of nitrogens with one attached hydrogen (secondary N) is 2. The van der Waals surface area contributed by atoms with Gasteiger partial charge in [0.2, 0.25) is 5.91 Å². The molecule has 0 radical (unpaired) electrons. The minimum Gasteiger partial charge on any atom is -0.480 e. The first-order valence-electron chi connectivity index (χ1n) is 7.31. The minimum atomic E-state index is -1.08. The number of hydrogen-bond acceptors (Lipinski definition) is 4. The third-order valence-corrected chi connectivity index (χ3v) is 3.45. The summed E-state index contributed by atoms with van der Waals surface area (Å²) < 4.78 is 5.14. The standard InChI is InChI=1S/C17H20N2O4/c1-11-5-6-14(12(2)8-11)19-16(20)9-15(17(21)22)18-10-13-4-3-7-23-13/h3-8,15,18H,9-10H2,1-2H3,(H,19,20)(H,21,22)/t15-/m1/s1. The maximum atomic E-state index is 12.1. The smallest absolute Gasteiger partial charge is 0.321 e. The molecular formula is C17H20N2O4. The maximum absolute atomic E-state index is 12.1. The highest BCUT2D eigenvalue weighted by Gasteiger charge is 2.21. The second-order valence-corrected chi connectivity index (χ2v) is 5.42. The van der Waals surface area contributed by atoms with E-state index in [-0.39, 0.29) is 18.9 Å². The molecule has 0 aliphatic rings. The van der Waals surface area contributed by atoms with Crippen molar-refractivity contribution in [3.8, 4) is 0 Å². The van der Waals surface area contributed by atoms with Crippen molar-refractivity contribution in [1.82, 2.24) is 5.32 Å². The molecule has 1 atom stereocenters. The summed E-state index contributed by atoms with van der Waals surface area (Å²) in [4.78, 5) is 23.4. The molecule has 1 aromatic heterocycles. The van der Waals surface area contributed by atoms with Gasteiger partial charge in [0.25, 0.3) is 0 Å². The Kier molecular flexibility index (Phi) is 5.54. The fourth-order valence-electron chi connectivity index (χ4n) is 2.22. The zero-order valence-electron chi connectivity index (χ0n) is 13.1. The van der Waals surface area contributed by atoms with Gasteiger partial charge in [-0.2, -0.15) is 0 Å². The molecule has 0 aliphatic heterocycles. The second-order valence-electron chi connectivity index (χ2n) is 5.42. The quantitative estimate of drug-likeness (QED) is 0.730. The number of hydrogen-bond donors (Lipinski definition) is 3. The molecule has 0 saturated heterocycles. The van der Waals surface area contributed by atoms with Crippen molar-refractivity contribution in [2.75, 3.05) is 5.32 Å². The van der Waals surface area contributed by atoms with E-state index < -0.39 is 12.0 Å². The molecule has 1 heterocycles. The first kappa shape index (κ1) is 16.8. The molecule has 1 aromatic carbocycles. The average Bonchev–Trinajstić information content (AvgIpc) is 2.99. The predicted molar refractivity (Wildman–Crippen MR) is 86.1 cm³/mol. The lowest BCUT2D eigenvalue weighted by atomic mass is 10.1. The van der Waals surface area contributed by atoms with E-state index in [9.17, 15) is 14.7 Å². The lowest BCUT2D eigenvalue weighted by Crippen LogP contribution is -2.39. The van der Waals surface area contributed by atoms with Crippen molar-refractivity contribution in [2.24, 2.45) is 0 Å². The summed E-state index contributed by atoms with van der Waals surface area (Å²) in [6.45, 7) is 4.12. The van der Waals surface area contributed by atoms with Crippen molar-refractivity contribution in [2.45, 2.75) is 32.9 Å². The number of carboxylic acids is 1. The summed E-state index contributed by atoms with van der Waals surface area (Å²) in [7, 11) is 0. The van der Waals surface area contributed by atoms with Crippen LogP contribution in [-0.4, -0.2) is 23.0 Å². The fraction of sp³-hybridized carbons (Fsp3) is 0.294. The Morgan fingerprint density at radius 1 is 1.26 bits per heavy atom. The topological polar surface area (TPSA) is 91.6 Å². The number of rotatable bonds is 7. The largest absolute Gasteiger partial charge is 0.480 e. The summed E-state index contributed by atoms with van der Waals surface area (Å²) in [5.74, 6) is -0.810. The van der Waals surface area contributed by atoms with Crippen LogP contribution in [0.15, 0.2) is 41.0 Å². The van der Waals surface area contributed by atoms with Crippen LogP contribution in [0.5, 0.6) is 0 Å². The van der Waals surface area contributed by atoms with Crippen LogP contribution in [0.1, 0.15) is 23.3 Å². The molecule has 6 nitrogen and oxygen atoms in total. The summed E-state index contributed by atoms with van der Waals surface area (Å²) in [6, 6.07) is 8.15. The van der Waals surface area contributed by atoms with Crippen LogP contribution in [0.2, 0.25) is 0 Å². The minimum absolute atomic E-state index is 0.163. The van der Waals surface area contributed by atoms with Crippen LogP contribution >= 0.6 is 0 Å². The molecule has 2 rings (SSSR count). The number of amides is 1. The molecule has 3 N–H and O–H groups in total. The molecule has 23 heavy (non-hydrogen) atoms. The Morgan fingerprint density at radius 2 is 2.04 bits per heavy atom. The van der Waals surface area contributed by atoms with Gasteiger partial charge in [0, 0.05) is 5.69 Å². The molecule has 0 aliphatic carbocycles. The van der Waals surface area contributed by atoms with E-state index in [4.69, 9.17) is 4.42 Å². The van der Waals surface area contributed by atoms with Crippen molar-refractivity contribution >= 4 is 17.6 Å². The van der Waals surface area contributed by atoms with Crippen LogP contribution in [0.4, 0.5) is 5.69 Å². The summed E-state index contributed by atoms with van der Waals surface area (Å²) in [6.07, 6.45) is 1.35. The highest BCUT2D eigenvalue weighted by molar-refractivity contribution is 5.94. The summed E-state index contributed by atoms with van der Waals surface area (Å²) >= 11 is 0. The van der Waals surface area contributed by atoms with Gasteiger partial charge < -0.3 is 14.8 Å². The Hall–Kier alpha value is -2.60. The van der Waals surface area contributed by atoms with Crippen molar-refractivity contribution in [1.29, 1.82) is 0 Å². The number of carboxylic acid groups (broad SMARTS) is 1. The third-order valence-electron chi connectivity index (χ3n) is 3.45. The number of carbonyl (C=O) groups is 2. The Balaban J connectivity index is 1.93. The van der Waals surface area contributed by atoms with Gasteiger partial charge in [-0.25, -0.2) is 0 Å². The summed E-state index contributed by atoms with van der Waals surface area (Å²) in [5, 5.41) is 14.8. The van der Waals surface area contributed by atoms with E-state index in [1.165, 1.54) is 6.26 Å². The van der Waals surface area contributed by atoms with Crippen LogP contribution in [0.3, 0.4) is 0 Å². The maximum Gasteiger partial charge on any atom is 0.321 e. The van der Waals surface area contributed by atoms with Gasteiger partial charge in [0.05, 0.1) is 19.2 Å². The first-order valence-corrected chi connectivity index (χ1v) is 7.31. The monoisotopic (exact) mass is 316 g/mol. The van der Waals surface area contributed by atoms with Gasteiger partial charge in [0.1, 0.15) is 11.8 Å². The first-order chi connectivity index (χ1) is 11.0. The normalized spacial score (nSPS) is 11.9. The van der Waals surface area contributed by atoms with Crippen molar-refractivity contribution < 1.29 is 19.1 Å². The predicted octanol–water partition coefficient (Wildman–Crippen LogP) is 2.47. The number of furan rings is 1. The van der Waals surface area contributed by atoms with Gasteiger partial charge in [-0.3, -0.25) is 14.9 Å². The molecule has 0 saturated carbocycles. The third kappa shape index (κ3) is 4.96. The number of benzene rings is 1. The Labute approximate surface area is 134 Å². The Morgan fingerprint density at radius 3 is 2.65 bits per heavy atom. The van der Waals surface area contributed by atoms with E-state index in [1.54, 1.807) is 12.1 Å². The molecule has 0 spiro atoms. The highest BCUT2D eigenvalue weighted by atomic mass is 16.4. The SMILES string of the molecule is Cc1ccc(NC(=O)C[C@@H](NCc2ccco2)C(=O)O)c(C)c1. The number of anilines is 1. The number of aryl methyl sites for hydroxylation is 2. The second kappa shape index (κ2) is 7.60. The lowest BCUT2D eigenvalue weighted by molar-refractivity contribution is -0.141. The van der Waals surface area contributed by atoms with E-state index in [1.807, 2.05) is 32.0 Å². The Bertz CT molecular complexity index is 680. The molecule has 0 unspecified atom stereocenters. The van der Waals surface area contributed by atoms with E-state index in [0.29, 0.717) is 11.4 Å². The van der Waals surface area contributed by atoms with Crippen LogP contribution in [0.25, 0.3) is 0 Å². The molecule has 0 bridgehead atoms. The van der Waals surface area contributed by atoms with Crippen LogP contribution in [0, 0.1) is 13.8 Å². The highest BCUT2D eigenvalue weighted by Crippen LogP contribution is 2.16. The van der Waals surface area contributed by atoms with E-state index in [2.05, 4.69) is 10.6 Å². The van der Waals surface area contributed by atoms with E-state index >= 15 is 0 Å². The zero-order valence-corrected chi connectivity index (χ0v) is 13.1. The van der Waals surface area contributed by atoms with Crippen LogP contribution < -0.4 is 10.6 Å². The fourth-order valence-corrected chi connectivity index (χ4v) is 2.22. The lowest BCUT2D eigenvalue weighted by Gasteiger charge is -2.14. The van der Waals surface area contributed by atoms with Crippen molar-refractivity contribution in [3.05, 3.63) is 53.5 Å². The van der Waals surface area contributed by atoms with Gasteiger partial charge >= 0.3 is 5.97 Å². The number of carbonyl (C=O) groups excluding carboxylic acids is 1. The number of aliphatic carboxylic acids is 1. The van der Waals surface area contributed by atoms with Crippen molar-refractivity contribution in [3.63, 3.8) is 0 Å². The molecular weight excluding hydrogens is 296 g/mol. The molecule has 2 aromatic rings. The average molecular weight is 316 g/mol. The van der Waals surface area contributed by atoms with Gasteiger partial charge in [0.15, 0.2) is 0 Å². The van der Waals surface area contributed by atoms with Crippen LogP contribution in [-0.2, 0) is 16.1 Å². The molecule has 122 valence electrons. The van der Waals surface area contributed by atoms with Gasteiger partial charge in [-0.15, -0.1) is 0 Å². The summed E-state index contributed by atoms with van der Waals surface area (Å²) in [5.41, 5.74) is 2.73. The molecule has 6 heteroatoms.